The maximum absolute atomic E-state index is 16.5. The van der Waals surface area contributed by atoms with Gasteiger partial charge in [0.2, 0.25) is 11.8 Å². The van der Waals surface area contributed by atoms with Crippen molar-refractivity contribution < 1.29 is 27.2 Å². The highest BCUT2D eigenvalue weighted by molar-refractivity contribution is 6.07. The van der Waals surface area contributed by atoms with Gasteiger partial charge in [-0.2, -0.15) is 0 Å². The fraction of sp³-hybridized carbons (Fsp3) is 0.396. The molecule has 7 rings (SSSR count). The molecule has 0 spiro atoms. The van der Waals surface area contributed by atoms with Crippen molar-refractivity contribution in [3.05, 3.63) is 113 Å². The van der Waals surface area contributed by atoms with Gasteiger partial charge in [-0.1, -0.05) is 63.4 Å². The zero-order chi connectivity index (χ0) is 43.9. The number of carbonyl (C=O) groups excluding carboxylic acids is 2. The van der Waals surface area contributed by atoms with Crippen LogP contribution in [0.4, 0.5) is 23.2 Å². The molecule has 2 atom stereocenters. The number of anilines is 1. The quantitative estimate of drug-likeness (QED) is 0.0842. The summed E-state index contributed by atoms with van der Waals surface area (Å²) in [5, 5.41) is 15.3. The molecule has 9 nitrogen and oxygen atoms in total. The van der Waals surface area contributed by atoms with Crippen LogP contribution in [0.3, 0.4) is 0 Å². The van der Waals surface area contributed by atoms with E-state index in [1.165, 1.54) is 12.1 Å². The molecule has 4 heterocycles. The highest BCUT2D eigenvalue weighted by Gasteiger charge is 2.45. The number of nitrogens with one attached hydrogen (secondary N) is 4. The zero-order valence-electron chi connectivity index (χ0n) is 35.6. The Morgan fingerprint density at radius 3 is 2.51 bits per heavy atom. The van der Waals surface area contributed by atoms with E-state index in [4.69, 9.17) is 5.41 Å². The van der Waals surface area contributed by atoms with Gasteiger partial charge in [0.1, 0.15) is 5.82 Å². The van der Waals surface area contributed by atoms with E-state index in [1.807, 2.05) is 52.2 Å². The van der Waals surface area contributed by atoms with Crippen molar-refractivity contribution in [3.8, 4) is 11.1 Å². The first kappa shape index (κ1) is 43.4. The standard InChI is InChI=1S/C48H55F4N7O2/c1-27(2)47(61)59-19-9-11-32(25-59)36-23-37(38-24-41(29(4)57(6)7)56-46(38)43(36)50)34-14-13-31(22-40(34)49)39-18-21-58(26-48(39,51)52)20-17-30-10-8-12-35(45(30)54-5)44(53)33-15-16-42(60)55-28(33)3/h8,10-14,22-24,27,33,39,53-54,56H,3-4,9,15-21,25-26H2,1-2,5-7H3,(H,55,60). The number of halogens is 4. The van der Waals surface area contributed by atoms with Gasteiger partial charge in [-0.15, -0.1) is 0 Å². The van der Waals surface area contributed by atoms with Crippen LogP contribution in [0.5, 0.6) is 0 Å². The number of alkyl halides is 2. The number of aromatic amines is 1. The van der Waals surface area contributed by atoms with Gasteiger partial charge in [0.05, 0.1) is 29.4 Å². The van der Waals surface area contributed by atoms with Gasteiger partial charge in [-0.3, -0.25) is 14.5 Å². The van der Waals surface area contributed by atoms with E-state index in [-0.39, 0.29) is 58.8 Å². The summed E-state index contributed by atoms with van der Waals surface area (Å²) < 4.78 is 65.3. The number of hydrogen-bond donors (Lipinski definition) is 4. The number of H-pyrrole nitrogens is 1. The molecule has 0 aliphatic carbocycles. The second kappa shape index (κ2) is 17.4. The van der Waals surface area contributed by atoms with Crippen LogP contribution >= 0.6 is 0 Å². The number of para-hydroxylation sites is 1. The van der Waals surface area contributed by atoms with Crippen LogP contribution in [0, 0.1) is 28.9 Å². The van der Waals surface area contributed by atoms with Crippen molar-refractivity contribution >= 4 is 45.4 Å². The third kappa shape index (κ3) is 8.62. The number of hydrogen-bond acceptors (Lipinski definition) is 6. The lowest BCUT2D eigenvalue weighted by atomic mass is 9.84. The smallest absolute Gasteiger partial charge is 0.267 e. The maximum atomic E-state index is 16.5. The third-order valence-electron chi connectivity index (χ3n) is 12.5. The Balaban J connectivity index is 1.12. The topological polar surface area (TPSA) is 108 Å². The van der Waals surface area contributed by atoms with Crippen molar-refractivity contribution in [2.24, 2.45) is 11.8 Å². The number of nitrogens with zero attached hydrogens (tertiary/aromatic N) is 3. The van der Waals surface area contributed by atoms with Gasteiger partial charge in [-0.05, 0) is 72.7 Å². The number of carbonyl (C=O) groups is 2. The van der Waals surface area contributed by atoms with Crippen LogP contribution in [0.1, 0.15) is 73.4 Å². The minimum atomic E-state index is -3.15. The normalized spacial score (nSPS) is 19.5. The summed E-state index contributed by atoms with van der Waals surface area (Å²) in [4.78, 5) is 33.2. The summed E-state index contributed by atoms with van der Waals surface area (Å²) in [6, 6.07) is 13.2. The molecule has 3 aliphatic rings. The fourth-order valence-electron chi connectivity index (χ4n) is 9.07. The predicted molar refractivity (Wildman–Crippen MR) is 236 cm³/mol. The zero-order valence-corrected chi connectivity index (χ0v) is 35.6. The van der Waals surface area contributed by atoms with Crippen molar-refractivity contribution in [2.45, 2.75) is 57.8 Å². The van der Waals surface area contributed by atoms with Gasteiger partial charge < -0.3 is 30.8 Å². The molecule has 3 aromatic carbocycles. The first-order chi connectivity index (χ1) is 29.0. The second-order valence-corrected chi connectivity index (χ2v) is 17.1. The Kier molecular flexibility index (Phi) is 12.3. The summed E-state index contributed by atoms with van der Waals surface area (Å²) in [7, 11) is 5.40. The summed E-state index contributed by atoms with van der Waals surface area (Å²) >= 11 is 0. The van der Waals surface area contributed by atoms with Crippen LogP contribution in [-0.2, 0) is 16.0 Å². The SMILES string of the molecule is C=C1NC(=O)CCC1C(=N)c1cccc(CCN2CCC(c3ccc(-c4cc(C5=CCCN(C(=O)C(C)C)C5)c(F)c5[nH]c(C(=C)N(C)C)cc45)c(F)c3)C(F)(F)C2)c1NC. The van der Waals surface area contributed by atoms with Gasteiger partial charge in [-0.25, -0.2) is 17.6 Å². The molecule has 1 aromatic heterocycles. The predicted octanol–water partition coefficient (Wildman–Crippen LogP) is 9.03. The number of rotatable bonds is 12. The number of aromatic nitrogens is 1. The number of fused-ring (bicyclic) bond motifs is 1. The second-order valence-electron chi connectivity index (χ2n) is 17.1. The molecule has 2 unspecified atom stereocenters. The largest absolute Gasteiger partial charge is 0.387 e. The number of amides is 2. The number of likely N-dealkylation sites (tertiary alicyclic amines) is 1. The molecule has 2 fully saturated rings. The lowest BCUT2D eigenvalue weighted by molar-refractivity contribution is -0.133. The molecule has 61 heavy (non-hydrogen) atoms. The Morgan fingerprint density at radius 2 is 1.84 bits per heavy atom. The average Bonchev–Trinajstić information content (AvgIpc) is 3.68. The lowest BCUT2D eigenvalue weighted by Gasteiger charge is -2.38. The van der Waals surface area contributed by atoms with E-state index in [0.29, 0.717) is 90.2 Å². The molecule has 4 aromatic rings. The molecular formula is C48H55F4N7O2. The molecule has 322 valence electrons. The summed E-state index contributed by atoms with van der Waals surface area (Å²) in [5.74, 6) is -6.28. The fourth-order valence-corrected chi connectivity index (χ4v) is 9.07. The number of piperidine rings is 2. The average molecular weight is 838 g/mol. The van der Waals surface area contributed by atoms with E-state index in [1.54, 1.807) is 39.9 Å². The van der Waals surface area contributed by atoms with E-state index < -0.39 is 30.0 Å². The van der Waals surface area contributed by atoms with Crippen molar-refractivity contribution in [3.63, 3.8) is 0 Å². The van der Waals surface area contributed by atoms with Crippen molar-refractivity contribution in [1.29, 1.82) is 5.41 Å². The Bertz CT molecular complexity index is 2450. The summed E-state index contributed by atoms with van der Waals surface area (Å²) in [5.41, 5.74) is 6.06. The number of allylic oxidation sites excluding steroid dienone is 1. The van der Waals surface area contributed by atoms with Crippen LogP contribution < -0.4 is 10.6 Å². The highest BCUT2D eigenvalue weighted by Crippen LogP contribution is 2.43. The maximum Gasteiger partial charge on any atom is 0.267 e. The van der Waals surface area contributed by atoms with Crippen LogP contribution in [0.15, 0.2) is 73.5 Å². The first-order valence-corrected chi connectivity index (χ1v) is 21.0. The van der Waals surface area contributed by atoms with Crippen molar-refractivity contribution in [2.75, 3.05) is 59.2 Å². The van der Waals surface area contributed by atoms with Gasteiger partial charge in [0.25, 0.3) is 5.92 Å². The number of benzene rings is 3. The van der Waals surface area contributed by atoms with Crippen LogP contribution in [0.2, 0.25) is 0 Å². The Hall–Kier alpha value is -5.69. The molecular weight excluding hydrogens is 783 g/mol. The van der Waals surface area contributed by atoms with Crippen LogP contribution in [-0.4, -0.2) is 97.0 Å². The molecule has 13 heteroatoms. The van der Waals surface area contributed by atoms with E-state index >= 15 is 17.6 Å². The van der Waals surface area contributed by atoms with Gasteiger partial charge in [0.15, 0.2) is 5.82 Å². The van der Waals surface area contributed by atoms with E-state index in [0.717, 1.165) is 11.3 Å². The third-order valence-corrected chi connectivity index (χ3v) is 12.5. The van der Waals surface area contributed by atoms with E-state index in [2.05, 4.69) is 28.8 Å². The highest BCUT2D eigenvalue weighted by atomic mass is 19.3. The molecule has 0 bridgehead atoms. The Morgan fingerprint density at radius 1 is 1.07 bits per heavy atom. The first-order valence-electron chi connectivity index (χ1n) is 21.0. The van der Waals surface area contributed by atoms with E-state index in [9.17, 15) is 9.59 Å². The molecule has 2 amide bonds. The van der Waals surface area contributed by atoms with Gasteiger partial charge >= 0.3 is 0 Å². The van der Waals surface area contributed by atoms with Gasteiger partial charge in [0, 0.05) is 98.2 Å². The summed E-state index contributed by atoms with van der Waals surface area (Å²) in [6.45, 7) is 12.7. The van der Waals surface area contributed by atoms with Crippen molar-refractivity contribution in [1.82, 2.24) is 25.0 Å². The minimum Gasteiger partial charge on any atom is -0.387 e. The molecule has 0 radical (unpaired) electrons. The minimum absolute atomic E-state index is 0.0348. The molecule has 0 saturated carbocycles. The molecule has 2 saturated heterocycles. The van der Waals surface area contributed by atoms with Crippen LogP contribution in [0.25, 0.3) is 33.3 Å². The molecule has 3 aliphatic heterocycles. The monoisotopic (exact) mass is 837 g/mol. The summed E-state index contributed by atoms with van der Waals surface area (Å²) in [6.07, 6.45) is 3.83. The lowest BCUT2D eigenvalue weighted by Crippen LogP contribution is -2.48. The Labute approximate surface area is 355 Å². The molecule has 4 N–H and O–H groups in total.